The van der Waals surface area contributed by atoms with E-state index in [0.717, 1.165) is 0 Å². The number of hydrogen-bond acceptors (Lipinski definition) is 1. The van der Waals surface area contributed by atoms with Crippen LogP contribution < -0.4 is 0 Å². The molecule has 1 atom stereocenters. The first-order valence-electron chi connectivity index (χ1n) is 6.59. The van der Waals surface area contributed by atoms with Crippen LogP contribution in [-0.2, 0) is 0 Å². The third-order valence-electron chi connectivity index (χ3n) is 4.31. The zero-order valence-corrected chi connectivity index (χ0v) is 11.5. The van der Waals surface area contributed by atoms with E-state index in [2.05, 4.69) is 64.1 Å². The zero-order chi connectivity index (χ0) is 12.9. The second kappa shape index (κ2) is 3.68. The molecule has 0 spiro atoms. The maximum atomic E-state index is 4.86. The van der Waals surface area contributed by atoms with E-state index in [9.17, 15) is 0 Å². The molecule has 0 fully saturated rings. The quantitative estimate of drug-likeness (QED) is 0.637. The van der Waals surface area contributed by atoms with Crippen LogP contribution in [0.3, 0.4) is 0 Å². The average molecular weight is 237 g/mol. The molecule has 0 radical (unpaired) electrons. The van der Waals surface area contributed by atoms with Gasteiger partial charge in [0.1, 0.15) is 0 Å². The summed E-state index contributed by atoms with van der Waals surface area (Å²) >= 11 is 0. The standard InChI is InChI=1S/C17H19N/c1-11-16-14(12(2)18-17(11,3)4)10-9-13-7-5-6-8-15(13)16/h5-11H,1-4H3. The highest BCUT2D eigenvalue weighted by Crippen LogP contribution is 2.41. The summed E-state index contributed by atoms with van der Waals surface area (Å²) in [7, 11) is 0. The summed E-state index contributed by atoms with van der Waals surface area (Å²) in [6.45, 7) is 8.88. The number of hydrogen-bond donors (Lipinski definition) is 0. The number of fused-ring (bicyclic) bond motifs is 3. The fraction of sp³-hybridized carbons (Fsp3) is 0.353. The third kappa shape index (κ3) is 1.50. The minimum Gasteiger partial charge on any atom is -0.283 e. The summed E-state index contributed by atoms with van der Waals surface area (Å²) in [5, 5.41) is 2.71. The molecular formula is C17H19N. The Labute approximate surface area is 109 Å². The van der Waals surface area contributed by atoms with Gasteiger partial charge in [0.25, 0.3) is 0 Å². The van der Waals surface area contributed by atoms with Gasteiger partial charge >= 0.3 is 0 Å². The maximum absolute atomic E-state index is 4.86. The van der Waals surface area contributed by atoms with E-state index < -0.39 is 0 Å². The molecule has 0 N–H and O–H groups in total. The van der Waals surface area contributed by atoms with Gasteiger partial charge in [-0.3, -0.25) is 4.99 Å². The van der Waals surface area contributed by atoms with E-state index in [4.69, 9.17) is 4.99 Å². The van der Waals surface area contributed by atoms with Crippen molar-refractivity contribution in [2.75, 3.05) is 0 Å². The van der Waals surface area contributed by atoms with Crippen LogP contribution in [0.1, 0.15) is 44.7 Å². The van der Waals surface area contributed by atoms with E-state index in [0.29, 0.717) is 5.92 Å². The smallest absolute Gasteiger partial charge is 0.0621 e. The van der Waals surface area contributed by atoms with Crippen molar-refractivity contribution in [2.24, 2.45) is 4.99 Å². The van der Waals surface area contributed by atoms with Crippen molar-refractivity contribution < 1.29 is 0 Å². The van der Waals surface area contributed by atoms with E-state index in [1.807, 2.05) is 0 Å². The first kappa shape index (κ1) is 11.5. The predicted molar refractivity (Wildman–Crippen MR) is 78.7 cm³/mol. The molecule has 0 amide bonds. The lowest BCUT2D eigenvalue weighted by molar-refractivity contribution is 0.434. The van der Waals surface area contributed by atoms with Crippen molar-refractivity contribution >= 4 is 16.5 Å². The molecule has 0 aliphatic carbocycles. The lowest BCUT2D eigenvalue weighted by atomic mass is 9.76. The van der Waals surface area contributed by atoms with Crippen LogP contribution in [0.5, 0.6) is 0 Å². The van der Waals surface area contributed by atoms with Crippen molar-refractivity contribution in [3.05, 3.63) is 47.5 Å². The number of nitrogens with zero attached hydrogens (tertiary/aromatic N) is 1. The molecule has 1 heteroatoms. The van der Waals surface area contributed by atoms with Gasteiger partial charge in [-0.25, -0.2) is 0 Å². The van der Waals surface area contributed by atoms with E-state index >= 15 is 0 Å². The highest BCUT2D eigenvalue weighted by Gasteiger charge is 2.33. The average Bonchev–Trinajstić information content (AvgIpc) is 2.34. The Morgan fingerprint density at radius 2 is 1.78 bits per heavy atom. The van der Waals surface area contributed by atoms with Crippen molar-refractivity contribution in [3.8, 4) is 0 Å². The largest absolute Gasteiger partial charge is 0.283 e. The fourth-order valence-corrected chi connectivity index (χ4v) is 3.02. The van der Waals surface area contributed by atoms with E-state index in [1.165, 1.54) is 27.6 Å². The molecule has 0 saturated carbocycles. The Morgan fingerprint density at radius 3 is 2.56 bits per heavy atom. The summed E-state index contributed by atoms with van der Waals surface area (Å²) in [6, 6.07) is 13.1. The molecule has 0 aromatic heterocycles. The van der Waals surface area contributed by atoms with E-state index in [1.54, 1.807) is 0 Å². The molecule has 1 aliphatic rings. The first-order valence-corrected chi connectivity index (χ1v) is 6.59. The molecule has 2 aromatic rings. The van der Waals surface area contributed by atoms with Crippen LogP contribution in [0.15, 0.2) is 41.4 Å². The molecule has 1 heterocycles. The highest BCUT2D eigenvalue weighted by molar-refractivity contribution is 6.06. The predicted octanol–water partition coefficient (Wildman–Crippen LogP) is 4.54. The van der Waals surface area contributed by atoms with Gasteiger partial charge in [-0.15, -0.1) is 0 Å². The van der Waals surface area contributed by atoms with Crippen LogP contribution >= 0.6 is 0 Å². The second-order valence-electron chi connectivity index (χ2n) is 5.82. The van der Waals surface area contributed by atoms with Crippen LogP contribution in [0, 0.1) is 0 Å². The molecule has 1 aliphatic heterocycles. The van der Waals surface area contributed by atoms with Crippen molar-refractivity contribution in [1.82, 2.24) is 0 Å². The van der Waals surface area contributed by atoms with Crippen molar-refractivity contribution in [3.63, 3.8) is 0 Å². The van der Waals surface area contributed by atoms with Crippen LogP contribution in [-0.4, -0.2) is 11.3 Å². The number of benzene rings is 2. The minimum atomic E-state index is -0.0127. The Balaban J connectivity index is 2.41. The molecule has 3 rings (SSSR count). The third-order valence-corrected chi connectivity index (χ3v) is 4.31. The number of aliphatic imine (C=N–C) groups is 1. The van der Waals surface area contributed by atoms with Crippen LogP contribution in [0.4, 0.5) is 0 Å². The van der Waals surface area contributed by atoms with Gasteiger partial charge in [0.05, 0.1) is 5.54 Å². The highest BCUT2D eigenvalue weighted by atomic mass is 14.9. The van der Waals surface area contributed by atoms with Crippen LogP contribution in [0.25, 0.3) is 10.8 Å². The summed E-state index contributed by atoms with van der Waals surface area (Å²) in [5.41, 5.74) is 3.94. The van der Waals surface area contributed by atoms with Gasteiger partial charge in [0, 0.05) is 11.6 Å². The Bertz CT molecular complexity index is 650. The minimum absolute atomic E-state index is 0.0127. The molecule has 0 bridgehead atoms. The lowest BCUT2D eigenvalue weighted by Gasteiger charge is -2.35. The van der Waals surface area contributed by atoms with Crippen molar-refractivity contribution in [2.45, 2.75) is 39.2 Å². The normalized spacial score (nSPS) is 21.6. The Kier molecular flexibility index (Phi) is 2.34. The zero-order valence-electron chi connectivity index (χ0n) is 11.5. The first-order chi connectivity index (χ1) is 8.50. The summed E-state index contributed by atoms with van der Waals surface area (Å²) in [5.74, 6) is 0.447. The Morgan fingerprint density at radius 1 is 1.06 bits per heavy atom. The van der Waals surface area contributed by atoms with Gasteiger partial charge < -0.3 is 0 Å². The maximum Gasteiger partial charge on any atom is 0.0621 e. The van der Waals surface area contributed by atoms with Crippen molar-refractivity contribution in [1.29, 1.82) is 0 Å². The Hall–Kier alpha value is -1.63. The molecular weight excluding hydrogens is 218 g/mol. The molecule has 2 aromatic carbocycles. The second-order valence-corrected chi connectivity index (χ2v) is 5.82. The molecule has 1 nitrogen and oxygen atoms in total. The van der Waals surface area contributed by atoms with Gasteiger partial charge in [-0.1, -0.05) is 43.3 Å². The summed E-state index contributed by atoms with van der Waals surface area (Å²) in [6.07, 6.45) is 0. The SMILES string of the molecule is CC1=NC(C)(C)C(C)c2c1ccc1ccccc21. The van der Waals surface area contributed by atoms with Gasteiger partial charge in [0.15, 0.2) is 0 Å². The molecule has 92 valence electrons. The lowest BCUT2D eigenvalue weighted by Crippen LogP contribution is -2.32. The van der Waals surface area contributed by atoms with Gasteiger partial charge in [0.2, 0.25) is 0 Å². The molecule has 18 heavy (non-hydrogen) atoms. The van der Waals surface area contributed by atoms with Gasteiger partial charge in [-0.05, 0) is 42.7 Å². The van der Waals surface area contributed by atoms with Crippen LogP contribution in [0.2, 0.25) is 0 Å². The van der Waals surface area contributed by atoms with Gasteiger partial charge in [-0.2, -0.15) is 0 Å². The summed E-state index contributed by atoms with van der Waals surface area (Å²) < 4.78 is 0. The molecule has 0 saturated heterocycles. The number of rotatable bonds is 0. The topological polar surface area (TPSA) is 12.4 Å². The molecule has 1 unspecified atom stereocenters. The summed E-state index contributed by atoms with van der Waals surface area (Å²) in [4.78, 5) is 4.86. The fourth-order valence-electron chi connectivity index (χ4n) is 3.02. The monoisotopic (exact) mass is 237 g/mol. The van der Waals surface area contributed by atoms with E-state index in [-0.39, 0.29) is 5.54 Å².